The standard InChI is InChI=1S/C37H72FNO6Si5/c1-34-22-21-28(39-40-3)23-27(34)19-20-29-30-24-31(42-47(7,8)9)37(45-50(16,17)18,33(44-49(13,14)15)26-41-46(4,5)6)35(30,2)25-32(36(29,34)38)43-48(10,11)12/h21-23,29-33H,19-20,24-26H2,1-18H3/b39-28+/t29?,30?,31-,32?,33?,34?,35?,36+,37+/m1/s1. The van der Waals surface area contributed by atoms with E-state index in [1.165, 1.54) is 0 Å². The van der Waals surface area contributed by atoms with Gasteiger partial charge in [-0.2, -0.15) is 0 Å². The van der Waals surface area contributed by atoms with E-state index in [4.69, 9.17) is 27.0 Å². The monoisotopic (exact) mass is 785 g/mol. The maximum Gasteiger partial charge on any atom is 0.184 e. The van der Waals surface area contributed by atoms with Gasteiger partial charge in [0.05, 0.1) is 24.9 Å². The third-order valence-corrected chi connectivity index (χ3v) is 16.1. The van der Waals surface area contributed by atoms with Crippen LogP contribution in [0, 0.1) is 22.7 Å². The summed E-state index contributed by atoms with van der Waals surface area (Å²) in [6, 6.07) is 0. The molecule has 0 heterocycles. The number of halogens is 1. The number of hydrogen-bond acceptors (Lipinski definition) is 7. The van der Waals surface area contributed by atoms with Crippen LogP contribution < -0.4 is 0 Å². The highest BCUT2D eigenvalue weighted by Gasteiger charge is 2.78. The van der Waals surface area contributed by atoms with Crippen molar-refractivity contribution in [1.29, 1.82) is 0 Å². The van der Waals surface area contributed by atoms with Gasteiger partial charge < -0.3 is 27.0 Å². The Morgan fingerprint density at radius 3 is 1.88 bits per heavy atom. The Morgan fingerprint density at radius 1 is 0.800 bits per heavy atom. The van der Waals surface area contributed by atoms with Crippen LogP contribution >= 0.6 is 0 Å². The zero-order valence-electron chi connectivity index (χ0n) is 34.9. The van der Waals surface area contributed by atoms with E-state index in [9.17, 15) is 0 Å². The first-order chi connectivity index (χ1) is 22.4. The van der Waals surface area contributed by atoms with Crippen LogP contribution in [0.1, 0.15) is 39.5 Å². The molecule has 50 heavy (non-hydrogen) atoms. The fourth-order valence-electron chi connectivity index (χ4n) is 9.80. The maximum atomic E-state index is 19.3. The quantitative estimate of drug-likeness (QED) is 0.137. The lowest BCUT2D eigenvalue weighted by Gasteiger charge is -2.66. The lowest BCUT2D eigenvalue weighted by Crippen LogP contribution is -2.74. The summed E-state index contributed by atoms with van der Waals surface area (Å²) in [6.45, 7) is 38.7. The lowest BCUT2D eigenvalue weighted by atomic mass is 9.44. The molecule has 0 bridgehead atoms. The number of rotatable bonds is 13. The summed E-state index contributed by atoms with van der Waals surface area (Å²) in [4.78, 5) is 5.14. The van der Waals surface area contributed by atoms with Crippen LogP contribution in [-0.4, -0.2) is 90.6 Å². The zero-order valence-corrected chi connectivity index (χ0v) is 39.9. The highest BCUT2D eigenvalue weighted by Crippen LogP contribution is 2.72. The average Bonchev–Trinajstić information content (AvgIpc) is 3.11. The van der Waals surface area contributed by atoms with Gasteiger partial charge in [-0.15, -0.1) is 0 Å². The topological polar surface area (TPSA) is 67.7 Å². The van der Waals surface area contributed by atoms with Crippen LogP contribution in [0.5, 0.6) is 0 Å². The first-order valence-corrected chi connectivity index (χ1v) is 36.0. The molecule has 13 heteroatoms. The molecule has 0 aliphatic heterocycles. The molecule has 0 radical (unpaired) electrons. The molecule has 7 nitrogen and oxygen atoms in total. The summed E-state index contributed by atoms with van der Waals surface area (Å²) in [6.07, 6.45) is 7.57. The van der Waals surface area contributed by atoms with E-state index < -0.39 is 69.8 Å². The third kappa shape index (κ3) is 8.36. The SMILES string of the molecule is CO/N=C1\C=CC2(C)C(=C1)CCC1C3C[C@@H](O[Si](C)(C)C)[C@](O[Si](C)(C)C)(C(CO[Si](C)(C)C)O[Si](C)(C)C)C3(C)CC(O[Si](C)(C)C)[C@@]12F. The molecule has 4 aliphatic carbocycles. The van der Waals surface area contributed by atoms with E-state index >= 15 is 4.39 Å². The zero-order chi connectivity index (χ0) is 38.1. The fourth-order valence-corrected chi connectivity index (χ4v) is 15.3. The van der Waals surface area contributed by atoms with E-state index in [2.05, 4.69) is 129 Å². The molecule has 0 spiro atoms. The minimum Gasteiger partial charge on any atom is -0.415 e. The summed E-state index contributed by atoms with van der Waals surface area (Å²) in [5.41, 5.74) is -2.03. The van der Waals surface area contributed by atoms with Crippen LogP contribution in [0.25, 0.3) is 0 Å². The fraction of sp³-hybridized carbons (Fsp3) is 0.865. The molecule has 0 amide bonds. The van der Waals surface area contributed by atoms with Crippen molar-refractivity contribution in [1.82, 2.24) is 0 Å². The first-order valence-electron chi connectivity index (χ1n) is 19.0. The Morgan fingerprint density at radius 2 is 1.38 bits per heavy atom. The molecule has 4 aliphatic rings. The Labute approximate surface area is 310 Å². The van der Waals surface area contributed by atoms with Gasteiger partial charge in [-0.25, -0.2) is 4.39 Å². The highest BCUT2D eigenvalue weighted by molar-refractivity contribution is 6.71. The molecule has 0 aromatic heterocycles. The second-order valence-electron chi connectivity index (χ2n) is 20.9. The van der Waals surface area contributed by atoms with Gasteiger partial charge in [0.15, 0.2) is 47.3 Å². The van der Waals surface area contributed by atoms with E-state index in [0.717, 1.165) is 30.5 Å². The van der Waals surface area contributed by atoms with Crippen LogP contribution in [0.4, 0.5) is 4.39 Å². The summed E-state index contributed by atoms with van der Waals surface area (Å²) in [7, 11) is -9.20. The number of alkyl halides is 1. The smallest absolute Gasteiger partial charge is 0.184 e. The van der Waals surface area contributed by atoms with Gasteiger partial charge >= 0.3 is 0 Å². The van der Waals surface area contributed by atoms with Crippen LogP contribution in [0.15, 0.2) is 29.0 Å². The third-order valence-electron chi connectivity index (χ3n) is 11.2. The van der Waals surface area contributed by atoms with Crippen molar-refractivity contribution in [3.63, 3.8) is 0 Å². The second-order valence-corrected chi connectivity index (χ2v) is 43.2. The minimum absolute atomic E-state index is 0.00730. The first kappa shape index (κ1) is 42.5. The van der Waals surface area contributed by atoms with Gasteiger partial charge in [-0.1, -0.05) is 23.7 Å². The van der Waals surface area contributed by atoms with Crippen molar-refractivity contribution >= 4 is 47.3 Å². The van der Waals surface area contributed by atoms with Gasteiger partial charge in [-0.05, 0) is 149 Å². The summed E-state index contributed by atoms with van der Waals surface area (Å²) in [5, 5.41) is 4.22. The minimum atomic E-state index is -2.28. The average molecular weight is 786 g/mol. The lowest BCUT2D eigenvalue weighted by molar-refractivity contribution is -0.234. The highest BCUT2D eigenvalue weighted by atomic mass is 28.4. The largest absolute Gasteiger partial charge is 0.415 e. The van der Waals surface area contributed by atoms with Gasteiger partial charge in [-0.3, -0.25) is 0 Å². The van der Waals surface area contributed by atoms with E-state index in [1.807, 2.05) is 6.08 Å². The van der Waals surface area contributed by atoms with Gasteiger partial charge in [0.2, 0.25) is 0 Å². The van der Waals surface area contributed by atoms with Crippen LogP contribution in [0.2, 0.25) is 98.2 Å². The predicted octanol–water partition coefficient (Wildman–Crippen LogP) is 10.1. The predicted molar refractivity (Wildman–Crippen MR) is 218 cm³/mol. The normalized spacial score (nSPS) is 38.0. The van der Waals surface area contributed by atoms with E-state index in [-0.39, 0.29) is 24.0 Å². The van der Waals surface area contributed by atoms with Crippen molar-refractivity contribution < 1.29 is 31.4 Å². The molecule has 4 rings (SSSR count). The summed E-state index contributed by atoms with van der Waals surface area (Å²) >= 11 is 0. The van der Waals surface area contributed by atoms with Crippen molar-refractivity contribution in [3.05, 3.63) is 23.8 Å². The molecule has 0 aromatic rings. The molecule has 6 unspecified atom stereocenters. The Hall–Kier alpha value is -0.236. The Kier molecular flexibility index (Phi) is 11.7. The Bertz CT molecular complexity index is 1340. The molecule has 3 fully saturated rings. The molecule has 0 N–H and O–H groups in total. The van der Waals surface area contributed by atoms with Crippen molar-refractivity contribution in [2.75, 3.05) is 13.7 Å². The van der Waals surface area contributed by atoms with Gasteiger partial charge in [0.25, 0.3) is 0 Å². The molecule has 0 saturated heterocycles. The summed E-state index contributed by atoms with van der Waals surface area (Å²) in [5.74, 6) is -0.271. The Balaban J connectivity index is 2.04. The number of hydrogen-bond donors (Lipinski definition) is 0. The van der Waals surface area contributed by atoms with Crippen molar-refractivity contribution in [2.24, 2.45) is 27.8 Å². The number of oxime groups is 1. The molecule has 288 valence electrons. The van der Waals surface area contributed by atoms with Gasteiger partial charge in [0, 0.05) is 16.7 Å². The molecule has 9 atom stereocenters. The number of fused-ring (bicyclic) bond motifs is 5. The van der Waals surface area contributed by atoms with E-state index in [1.54, 1.807) is 7.11 Å². The van der Waals surface area contributed by atoms with Crippen LogP contribution in [-0.2, 0) is 27.0 Å². The summed E-state index contributed by atoms with van der Waals surface area (Å²) < 4.78 is 55.9. The second kappa shape index (κ2) is 13.8. The molecule has 0 aromatic carbocycles. The van der Waals surface area contributed by atoms with E-state index in [0.29, 0.717) is 13.0 Å². The molecular formula is C37H72FNO6Si5. The van der Waals surface area contributed by atoms with Gasteiger partial charge in [0.1, 0.15) is 18.4 Å². The van der Waals surface area contributed by atoms with Crippen molar-refractivity contribution in [2.45, 2.75) is 167 Å². The van der Waals surface area contributed by atoms with Crippen molar-refractivity contribution in [3.8, 4) is 0 Å². The molecular weight excluding hydrogens is 714 g/mol. The maximum absolute atomic E-state index is 19.3. The van der Waals surface area contributed by atoms with Crippen LogP contribution in [0.3, 0.4) is 0 Å². The molecule has 3 saturated carbocycles. The number of allylic oxidation sites excluding steroid dienone is 4. The number of nitrogens with zero attached hydrogens (tertiary/aromatic N) is 1.